The Kier molecular flexibility index (Phi) is 6.48. The van der Waals surface area contributed by atoms with Gasteiger partial charge in [-0.3, -0.25) is 0 Å². The number of nitrogens with one attached hydrogen (secondary N) is 1. The van der Waals surface area contributed by atoms with E-state index in [0.717, 1.165) is 30.9 Å². The molecular weight excluding hydrogens is 212 g/mol. The summed E-state index contributed by atoms with van der Waals surface area (Å²) in [5.41, 5.74) is 7.79. The van der Waals surface area contributed by atoms with Gasteiger partial charge in [-0.25, -0.2) is 0 Å². The van der Waals surface area contributed by atoms with Gasteiger partial charge in [0, 0.05) is 6.54 Å². The molecule has 0 aliphatic rings. The fourth-order valence-electron chi connectivity index (χ4n) is 1.81. The SMILES string of the molecule is COc1ccc(C)cc1NCCCCCCN. The Labute approximate surface area is 104 Å². The highest BCUT2D eigenvalue weighted by atomic mass is 16.5. The van der Waals surface area contributed by atoms with Crippen LogP contribution < -0.4 is 15.8 Å². The summed E-state index contributed by atoms with van der Waals surface area (Å²) in [5, 5.41) is 3.43. The number of hydrogen-bond donors (Lipinski definition) is 2. The number of hydrogen-bond acceptors (Lipinski definition) is 3. The van der Waals surface area contributed by atoms with E-state index < -0.39 is 0 Å². The summed E-state index contributed by atoms with van der Waals surface area (Å²) in [5.74, 6) is 0.914. The van der Waals surface area contributed by atoms with E-state index >= 15 is 0 Å². The van der Waals surface area contributed by atoms with Gasteiger partial charge in [-0.05, 0) is 44.0 Å². The number of benzene rings is 1. The van der Waals surface area contributed by atoms with Crippen molar-refractivity contribution in [2.75, 3.05) is 25.5 Å². The van der Waals surface area contributed by atoms with Gasteiger partial charge in [-0.1, -0.05) is 18.9 Å². The average molecular weight is 236 g/mol. The third-order valence-corrected chi connectivity index (χ3v) is 2.80. The maximum absolute atomic E-state index is 5.46. The van der Waals surface area contributed by atoms with Crippen LogP contribution in [0.15, 0.2) is 18.2 Å². The molecule has 0 saturated heterocycles. The van der Waals surface area contributed by atoms with Crippen LogP contribution in [0.3, 0.4) is 0 Å². The van der Waals surface area contributed by atoms with Crippen molar-refractivity contribution in [1.29, 1.82) is 0 Å². The first-order valence-corrected chi connectivity index (χ1v) is 6.36. The first kappa shape index (κ1) is 13.8. The lowest BCUT2D eigenvalue weighted by Gasteiger charge is -2.11. The molecule has 0 amide bonds. The van der Waals surface area contributed by atoms with Gasteiger partial charge in [0.1, 0.15) is 5.75 Å². The Morgan fingerprint density at radius 1 is 1.18 bits per heavy atom. The third-order valence-electron chi connectivity index (χ3n) is 2.80. The fourth-order valence-corrected chi connectivity index (χ4v) is 1.81. The molecule has 1 aromatic carbocycles. The van der Waals surface area contributed by atoms with Crippen LogP contribution in [-0.2, 0) is 0 Å². The Morgan fingerprint density at radius 3 is 2.65 bits per heavy atom. The minimum absolute atomic E-state index is 0.805. The molecule has 0 bridgehead atoms. The number of aryl methyl sites for hydroxylation is 1. The first-order valence-electron chi connectivity index (χ1n) is 6.36. The smallest absolute Gasteiger partial charge is 0.141 e. The highest BCUT2D eigenvalue weighted by Gasteiger charge is 2.01. The monoisotopic (exact) mass is 236 g/mol. The van der Waals surface area contributed by atoms with Crippen LogP contribution in [0, 0.1) is 6.92 Å². The molecule has 1 aromatic rings. The van der Waals surface area contributed by atoms with Crippen LogP contribution in [-0.4, -0.2) is 20.2 Å². The van der Waals surface area contributed by atoms with Crippen LogP contribution in [0.4, 0.5) is 5.69 Å². The van der Waals surface area contributed by atoms with E-state index in [0.29, 0.717) is 0 Å². The van der Waals surface area contributed by atoms with Gasteiger partial charge >= 0.3 is 0 Å². The molecule has 1 rings (SSSR count). The summed E-state index contributed by atoms with van der Waals surface area (Å²) in [6.45, 7) is 3.88. The molecule has 0 spiro atoms. The fraction of sp³-hybridized carbons (Fsp3) is 0.571. The van der Waals surface area contributed by atoms with Crippen molar-refractivity contribution in [2.45, 2.75) is 32.6 Å². The number of methoxy groups -OCH3 is 1. The van der Waals surface area contributed by atoms with E-state index in [9.17, 15) is 0 Å². The third kappa shape index (κ3) is 5.09. The molecule has 0 saturated carbocycles. The molecule has 0 heterocycles. The van der Waals surface area contributed by atoms with Crippen LogP contribution in [0.1, 0.15) is 31.2 Å². The lowest BCUT2D eigenvalue weighted by atomic mass is 10.1. The molecule has 0 aliphatic carbocycles. The van der Waals surface area contributed by atoms with Gasteiger partial charge < -0.3 is 15.8 Å². The van der Waals surface area contributed by atoms with Gasteiger partial charge in [-0.15, -0.1) is 0 Å². The highest BCUT2D eigenvalue weighted by molar-refractivity contribution is 5.57. The molecule has 0 aliphatic heterocycles. The molecule has 17 heavy (non-hydrogen) atoms. The van der Waals surface area contributed by atoms with Gasteiger partial charge in [0.2, 0.25) is 0 Å². The zero-order chi connectivity index (χ0) is 12.5. The van der Waals surface area contributed by atoms with Crippen molar-refractivity contribution in [2.24, 2.45) is 5.73 Å². The number of anilines is 1. The number of ether oxygens (including phenoxy) is 1. The Morgan fingerprint density at radius 2 is 1.94 bits per heavy atom. The van der Waals surface area contributed by atoms with E-state index in [1.54, 1.807) is 7.11 Å². The summed E-state index contributed by atoms with van der Waals surface area (Å²) in [4.78, 5) is 0. The molecule has 0 unspecified atom stereocenters. The molecule has 0 aromatic heterocycles. The Balaban J connectivity index is 2.32. The van der Waals surface area contributed by atoms with Crippen LogP contribution in [0.25, 0.3) is 0 Å². The second kappa shape index (κ2) is 7.96. The van der Waals surface area contributed by atoms with E-state index in [1.807, 2.05) is 6.07 Å². The zero-order valence-electron chi connectivity index (χ0n) is 11.0. The summed E-state index contributed by atoms with van der Waals surface area (Å²) < 4.78 is 5.32. The zero-order valence-corrected chi connectivity index (χ0v) is 11.0. The molecular formula is C14H24N2O. The first-order chi connectivity index (χ1) is 8.27. The van der Waals surface area contributed by atoms with Crippen LogP contribution in [0.2, 0.25) is 0 Å². The summed E-state index contributed by atoms with van der Waals surface area (Å²) in [7, 11) is 1.71. The lowest BCUT2D eigenvalue weighted by Crippen LogP contribution is -2.04. The molecule has 0 radical (unpaired) electrons. The molecule has 3 heteroatoms. The van der Waals surface area contributed by atoms with Gasteiger partial charge in [0.25, 0.3) is 0 Å². The summed E-state index contributed by atoms with van der Waals surface area (Å²) >= 11 is 0. The maximum Gasteiger partial charge on any atom is 0.141 e. The lowest BCUT2D eigenvalue weighted by molar-refractivity contribution is 0.416. The van der Waals surface area contributed by atoms with E-state index in [1.165, 1.54) is 24.8 Å². The second-order valence-corrected chi connectivity index (χ2v) is 4.33. The number of unbranched alkanes of at least 4 members (excludes halogenated alkanes) is 3. The average Bonchev–Trinajstić information content (AvgIpc) is 2.34. The van der Waals surface area contributed by atoms with E-state index in [-0.39, 0.29) is 0 Å². The largest absolute Gasteiger partial charge is 0.495 e. The maximum atomic E-state index is 5.46. The standard InChI is InChI=1S/C14H24N2O/c1-12-7-8-14(17-2)13(11-12)16-10-6-4-3-5-9-15/h7-8,11,16H,3-6,9-10,15H2,1-2H3. The number of nitrogens with two attached hydrogens (primary N) is 1. The van der Waals surface area contributed by atoms with Crippen LogP contribution >= 0.6 is 0 Å². The van der Waals surface area contributed by atoms with Gasteiger partial charge in [0.15, 0.2) is 0 Å². The molecule has 0 atom stereocenters. The van der Waals surface area contributed by atoms with E-state index in [2.05, 4.69) is 24.4 Å². The van der Waals surface area contributed by atoms with Gasteiger partial charge in [-0.2, -0.15) is 0 Å². The summed E-state index contributed by atoms with van der Waals surface area (Å²) in [6.07, 6.45) is 4.77. The van der Waals surface area contributed by atoms with Crippen molar-refractivity contribution >= 4 is 5.69 Å². The van der Waals surface area contributed by atoms with Crippen molar-refractivity contribution in [3.8, 4) is 5.75 Å². The molecule has 3 N–H and O–H groups in total. The van der Waals surface area contributed by atoms with E-state index in [4.69, 9.17) is 10.5 Å². The minimum atomic E-state index is 0.805. The minimum Gasteiger partial charge on any atom is -0.495 e. The summed E-state index contributed by atoms with van der Waals surface area (Å²) in [6, 6.07) is 6.19. The van der Waals surface area contributed by atoms with Crippen molar-refractivity contribution < 1.29 is 4.74 Å². The Bertz CT molecular complexity index is 326. The van der Waals surface area contributed by atoms with Crippen molar-refractivity contribution in [3.05, 3.63) is 23.8 Å². The molecule has 0 fully saturated rings. The Hall–Kier alpha value is -1.22. The number of rotatable bonds is 8. The van der Waals surface area contributed by atoms with Crippen molar-refractivity contribution in [3.63, 3.8) is 0 Å². The quantitative estimate of drug-likeness (QED) is 0.682. The normalized spacial score (nSPS) is 10.3. The van der Waals surface area contributed by atoms with Crippen molar-refractivity contribution in [1.82, 2.24) is 0 Å². The van der Waals surface area contributed by atoms with Gasteiger partial charge in [0.05, 0.1) is 12.8 Å². The topological polar surface area (TPSA) is 47.3 Å². The van der Waals surface area contributed by atoms with Crippen LogP contribution in [0.5, 0.6) is 5.75 Å². The predicted octanol–water partition coefficient (Wildman–Crippen LogP) is 2.93. The molecule has 96 valence electrons. The highest BCUT2D eigenvalue weighted by Crippen LogP contribution is 2.25. The molecule has 3 nitrogen and oxygen atoms in total. The second-order valence-electron chi connectivity index (χ2n) is 4.33. The predicted molar refractivity (Wildman–Crippen MR) is 73.7 cm³/mol.